The number of fused-ring (bicyclic) bond motifs is 7. The quantitative estimate of drug-likeness (QED) is 0.115. The predicted octanol–water partition coefficient (Wildman–Crippen LogP) is 19.2. The molecule has 0 N–H and O–H groups in total. The zero-order valence-corrected chi connectivity index (χ0v) is 37.2. The fourth-order valence-electron chi connectivity index (χ4n) is 11.9. The Hall–Kier alpha value is -8.84. The third kappa shape index (κ3) is 5.68. The summed E-state index contributed by atoms with van der Waals surface area (Å²) in [5.74, 6) is 0. The lowest BCUT2D eigenvalue weighted by Crippen LogP contribution is -1.96. The van der Waals surface area contributed by atoms with Crippen molar-refractivity contribution in [2.45, 2.75) is 0 Å². The van der Waals surface area contributed by atoms with Gasteiger partial charge >= 0.3 is 0 Å². The first-order chi connectivity index (χ1) is 33.8. The van der Waals surface area contributed by atoms with Gasteiger partial charge in [-0.25, -0.2) is 0 Å². The van der Waals surface area contributed by atoms with E-state index in [4.69, 9.17) is 0 Å². The molecule has 0 radical (unpaired) electrons. The monoisotopic (exact) mass is 858 g/mol. The van der Waals surface area contributed by atoms with Crippen LogP contribution in [0.15, 0.2) is 255 Å². The summed E-state index contributed by atoms with van der Waals surface area (Å²) in [5.41, 5.74) is 14.9. The van der Waals surface area contributed by atoms with Gasteiger partial charge in [-0.2, -0.15) is 0 Å². The van der Waals surface area contributed by atoms with Crippen LogP contribution in [0, 0.1) is 0 Å². The van der Waals surface area contributed by atoms with Gasteiger partial charge in [0.1, 0.15) is 0 Å². The predicted molar refractivity (Wildman–Crippen MR) is 293 cm³/mol. The second-order valence-electron chi connectivity index (χ2n) is 18.1. The van der Waals surface area contributed by atoms with Crippen LogP contribution in [0.1, 0.15) is 0 Å². The molecule has 0 unspecified atom stereocenters. The van der Waals surface area contributed by atoms with Crippen molar-refractivity contribution in [3.05, 3.63) is 255 Å². The molecule has 0 fully saturated rings. The van der Waals surface area contributed by atoms with E-state index in [0.29, 0.717) is 0 Å². The molecule has 0 heterocycles. The second-order valence-corrected chi connectivity index (χ2v) is 18.1. The Morgan fingerprint density at radius 3 is 0.912 bits per heavy atom. The van der Waals surface area contributed by atoms with Crippen LogP contribution in [0.4, 0.5) is 0 Å². The third-order valence-electron chi connectivity index (χ3n) is 14.6. The van der Waals surface area contributed by atoms with Crippen molar-refractivity contribution in [1.82, 2.24) is 0 Å². The third-order valence-corrected chi connectivity index (χ3v) is 14.6. The molecule has 0 nitrogen and oxygen atoms in total. The van der Waals surface area contributed by atoms with E-state index in [2.05, 4.69) is 255 Å². The van der Waals surface area contributed by atoms with E-state index >= 15 is 0 Å². The molecule has 68 heavy (non-hydrogen) atoms. The van der Waals surface area contributed by atoms with Gasteiger partial charge in [-0.15, -0.1) is 0 Å². The van der Waals surface area contributed by atoms with Gasteiger partial charge in [-0.05, 0) is 142 Å². The van der Waals surface area contributed by atoms with Crippen LogP contribution in [-0.2, 0) is 0 Å². The fraction of sp³-hybridized carbons (Fsp3) is 0. The largest absolute Gasteiger partial charge is 0.0622 e. The molecule has 14 rings (SSSR count). The van der Waals surface area contributed by atoms with Crippen molar-refractivity contribution in [3.8, 4) is 66.8 Å². The Morgan fingerprint density at radius 2 is 0.426 bits per heavy atom. The molecule has 0 saturated carbocycles. The maximum absolute atomic E-state index is 2.41. The van der Waals surface area contributed by atoms with Crippen molar-refractivity contribution in [1.29, 1.82) is 0 Å². The molecular weight excluding hydrogens is 817 g/mol. The summed E-state index contributed by atoms with van der Waals surface area (Å²) in [5, 5.41) is 18.0. The van der Waals surface area contributed by atoms with Crippen molar-refractivity contribution in [2.75, 3.05) is 0 Å². The molecule has 0 aliphatic heterocycles. The molecule has 0 aliphatic carbocycles. The molecule has 0 heteroatoms. The average Bonchev–Trinajstić information content (AvgIpc) is 3.42. The van der Waals surface area contributed by atoms with Crippen LogP contribution in [-0.4, -0.2) is 0 Å². The van der Waals surface area contributed by atoms with E-state index in [9.17, 15) is 0 Å². The lowest BCUT2D eigenvalue weighted by molar-refractivity contribution is 1.57. The summed E-state index contributed by atoms with van der Waals surface area (Å²) in [6.07, 6.45) is 0. The second kappa shape index (κ2) is 15.4. The van der Waals surface area contributed by atoms with Crippen LogP contribution < -0.4 is 0 Å². The maximum Gasteiger partial charge on any atom is -0.000740 e. The average molecular weight is 859 g/mol. The Balaban J connectivity index is 1.10. The van der Waals surface area contributed by atoms with Gasteiger partial charge in [0.2, 0.25) is 0 Å². The normalized spacial score (nSPS) is 11.8. The van der Waals surface area contributed by atoms with Gasteiger partial charge in [0.25, 0.3) is 0 Å². The topological polar surface area (TPSA) is 0 Å². The molecule has 0 bridgehead atoms. The van der Waals surface area contributed by atoms with Crippen molar-refractivity contribution < 1.29 is 0 Å². The Bertz CT molecular complexity index is 4220. The lowest BCUT2D eigenvalue weighted by Gasteiger charge is -2.24. The van der Waals surface area contributed by atoms with E-state index in [0.717, 1.165) is 0 Å². The Kier molecular flexibility index (Phi) is 8.69. The number of rotatable bonds is 6. The summed E-state index contributed by atoms with van der Waals surface area (Å²) in [6, 6.07) is 94.5. The van der Waals surface area contributed by atoms with Crippen LogP contribution in [0.5, 0.6) is 0 Å². The molecule has 0 aliphatic rings. The summed E-state index contributed by atoms with van der Waals surface area (Å²) in [6.45, 7) is 0. The van der Waals surface area contributed by atoms with Crippen LogP contribution in [0.25, 0.3) is 142 Å². The van der Waals surface area contributed by atoms with Crippen LogP contribution >= 0.6 is 0 Å². The van der Waals surface area contributed by atoms with Gasteiger partial charge in [-0.3, -0.25) is 0 Å². The van der Waals surface area contributed by atoms with E-state index < -0.39 is 0 Å². The summed E-state index contributed by atoms with van der Waals surface area (Å²) in [4.78, 5) is 0. The van der Waals surface area contributed by atoms with E-state index in [1.807, 2.05) is 0 Å². The SMILES string of the molecule is c1ccc(-c2ccccc2-c2c3ccccc3c3c4c2cccc4c2cccc4c(-c5ccc(-c6c(-c7ccccc7)cccc6-c6ccccc6)c6ccccc56)c5ccccc5c3c42)cc1. The highest BCUT2D eigenvalue weighted by Crippen LogP contribution is 2.54. The molecule has 0 saturated heterocycles. The summed E-state index contributed by atoms with van der Waals surface area (Å²) >= 11 is 0. The Morgan fingerprint density at radius 1 is 0.132 bits per heavy atom. The molecule has 0 amide bonds. The van der Waals surface area contributed by atoms with E-state index in [1.54, 1.807) is 0 Å². The zero-order chi connectivity index (χ0) is 44.7. The lowest BCUT2D eigenvalue weighted by atomic mass is 9.79. The first-order valence-corrected chi connectivity index (χ1v) is 23.7. The standard InChI is InChI=1S/C68H42/c1-4-21-43(22-5-1)46-27-10-13-30-51(46)63-52-31-14-16-33-56(52)67-65-54(37-19-39-60(63)65)55-38-20-40-61-64(53-32-15-17-34-57(53)68(67)66(55)61)59-42-41-58(49-28-11-12-29-50(49)59)62-47(44-23-6-2-7-24-44)35-18-36-48(62)45-25-8-3-9-26-45/h1-42H. The highest BCUT2D eigenvalue weighted by Gasteiger charge is 2.26. The Labute approximate surface area is 395 Å². The minimum atomic E-state index is 1.21. The van der Waals surface area contributed by atoms with Gasteiger partial charge in [0.05, 0.1) is 0 Å². The van der Waals surface area contributed by atoms with E-state index in [1.165, 1.54) is 142 Å². The number of benzene rings is 14. The first kappa shape index (κ1) is 38.4. The molecule has 314 valence electrons. The van der Waals surface area contributed by atoms with E-state index in [-0.39, 0.29) is 0 Å². The number of hydrogen-bond donors (Lipinski definition) is 0. The van der Waals surface area contributed by atoms with Gasteiger partial charge in [-0.1, -0.05) is 255 Å². The zero-order valence-electron chi connectivity index (χ0n) is 37.2. The van der Waals surface area contributed by atoms with Gasteiger partial charge in [0.15, 0.2) is 0 Å². The van der Waals surface area contributed by atoms with Crippen molar-refractivity contribution >= 4 is 75.4 Å². The minimum absolute atomic E-state index is 1.21. The van der Waals surface area contributed by atoms with Gasteiger partial charge < -0.3 is 0 Å². The van der Waals surface area contributed by atoms with Crippen molar-refractivity contribution in [2.24, 2.45) is 0 Å². The van der Waals surface area contributed by atoms with Gasteiger partial charge in [0, 0.05) is 0 Å². The fourth-order valence-corrected chi connectivity index (χ4v) is 11.9. The molecule has 0 aromatic heterocycles. The summed E-state index contributed by atoms with van der Waals surface area (Å²) in [7, 11) is 0. The molecule has 14 aromatic carbocycles. The van der Waals surface area contributed by atoms with Crippen LogP contribution in [0.3, 0.4) is 0 Å². The molecule has 14 aromatic rings. The molecule has 0 atom stereocenters. The highest BCUT2D eigenvalue weighted by molar-refractivity contribution is 6.46. The number of hydrogen-bond acceptors (Lipinski definition) is 0. The molecule has 0 spiro atoms. The first-order valence-electron chi connectivity index (χ1n) is 23.7. The molecular formula is C68H42. The summed E-state index contributed by atoms with van der Waals surface area (Å²) < 4.78 is 0. The van der Waals surface area contributed by atoms with Crippen molar-refractivity contribution in [3.63, 3.8) is 0 Å². The minimum Gasteiger partial charge on any atom is -0.0622 e. The van der Waals surface area contributed by atoms with Crippen LogP contribution in [0.2, 0.25) is 0 Å². The smallest absolute Gasteiger partial charge is 0.000740 e. The maximum atomic E-state index is 2.41. The highest BCUT2D eigenvalue weighted by atomic mass is 14.3.